The second-order valence-electron chi connectivity index (χ2n) is 6.40. The minimum atomic E-state index is -0.807. The predicted octanol–water partition coefficient (Wildman–Crippen LogP) is 3.17. The van der Waals surface area contributed by atoms with Crippen LogP contribution in [0.1, 0.15) is 29.3 Å². The molecule has 0 aliphatic carbocycles. The molecular formula is C21H24N4O4S. The fourth-order valence-electron chi connectivity index (χ4n) is 2.35. The Balaban J connectivity index is 2.02. The molecule has 0 fully saturated rings. The van der Waals surface area contributed by atoms with Crippen LogP contribution in [0, 0.1) is 10.1 Å². The summed E-state index contributed by atoms with van der Waals surface area (Å²) >= 11 is 1.51. The van der Waals surface area contributed by atoms with Gasteiger partial charge in [-0.15, -0.1) is 0 Å². The molecule has 1 atom stereocenters. The van der Waals surface area contributed by atoms with Crippen molar-refractivity contribution in [2.45, 2.75) is 25.1 Å². The Morgan fingerprint density at radius 1 is 1.10 bits per heavy atom. The number of hydrazine groups is 1. The Labute approximate surface area is 179 Å². The average Bonchev–Trinajstić information content (AvgIpc) is 2.77. The highest BCUT2D eigenvalue weighted by Gasteiger charge is 2.22. The zero-order valence-electron chi connectivity index (χ0n) is 16.6. The van der Waals surface area contributed by atoms with Crippen molar-refractivity contribution in [1.29, 1.82) is 0 Å². The van der Waals surface area contributed by atoms with E-state index >= 15 is 0 Å². The Morgan fingerprint density at radius 3 is 2.37 bits per heavy atom. The van der Waals surface area contributed by atoms with E-state index in [-0.39, 0.29) is 11.3 Å². The van der Waals surface area contributed by atoms with Gasteiger partial charge in [0.1, 0.15) is 6.04 Å². The number of non-ortho nitro benzene ring substituents is 1. The van der Waals surface area contributed by atoms with Crippen LogP contribution in [0.2, 0.25) is 0 Å². The monoisotopic (exact) mass is 428 g/mol. The molecule has 0 spiro atoms. The van der Waals surface area contributed by atoms with Gasteiger partial charge in [-0.25, -0.2) is 0 Å². The fourth-order valence-corrected chi connectivity index (χ4v) is 3.37. The van der Waals surface area contributed by atoms with E-state index in [4.69, 9.17) is 0 Å². The third-order valence-electron chi connectivity index (χ3n) is 4.15. The van der Waals surface area contributed by atoms with Gasteiger partial charge < -0.3 is 10.7 Å². The number of nitro benzene ring substituents is 1. The first-order valence-corrected chi connectivity index (χ1v) is 10.5. The Kier molecular flexibility index (Phi) is 8.89. The number of thioether (sulfide) groups is 1. The molecule has 158 valence electrons. The lowest BCUT2D eigenvalue weighted by atomic mass is 10.2. The van der Waals surface area contributed by atoms with Gasteiger partial charge in [0.2, 0.25) is 0 Å². The number of nitro groups is 1. The molecule has 0 radical (unpaired) electrons. The van der Waals surface area contributed by atoms with Gasteiger partial charge in [-0.05, 0) is 24.1 Å². The quantitative estimate of drug-likeness (QED) is 0.374. The van der Waals surface area contributed by atoms with Crippen molar-refractivity contribution < 1.29 is 14.5 Å². The number of amides is 2. The van der Waals surface area contributed by atoms with Crippen LogP contribution in [0.4, 0.5) is 5.69 Å². The molecule has 8 nitrogen and oxygen atoms in total. The normalized spacial score (nSPS) is 11.2. The lowest BCUT2D eigenvalue weighted by Crippen LogP contribution is -2.51. The minimum Gasteiger partial charge on any atom is -0.339 e. The fraction of sp³-hybridized carbons (Fsp3) is 0.238. The molecule has 2 rings (SSSR count). The number of nitrogens with one attached hydrogen (secondary N) is 3. The molecule has 2 aromatic rings. The van der Waals surface area contributed by atoms with Crippen molar-refractivity contribution in [3.05, 3.63) is 88.1 Å². The van der Waals surface area contributed by atoms with Crippen LogP contribution in [-0.2, 0) is 10.5 Å². The number of hydrogen-bond donors (Lipinski definition) is 3. The van der Waals surface area contributed by atoms with Crippen molar-refractivity contribution in [3.63, 3.8) is 0 Å². The number of rotatable bonds is 11. The molecule has 0 saturated carbocycles. The van der Waals surface area contributed by atoms with Gasteiger partial charge in [0, 0.05) is 34.9 Å². The number of benzene rings is 2. The molecule has 0 bridgehead atoms. The number of hydrogen-bond acceptors (Lipinski definition) is 6. The molecule has 2 amide bonds. The van der Waals surface area contributed by atoms with E-state index in [0.717, 1.165) is 5.56 Å². The molecule has 9 heteroatoms. The van der Waals surface area contributed by atoms with Crippen molar-refractivity contribution >= 4 is 29.3 Å². The summed E-state index contributed by atoms with van der Waals surface area (Å²) in [5.41, 5.74) is 7.16. The Hall–Kier alpha value is -3.33. The van der Waals surface area contributed by atoms with Gasteiger partial charge in [-0.2, -0.15) is 11.8 Å². The highest BCUT2D eigenvalue weighted by molar-refractivity contribution is 7.98. The highest BCUT2D eigenvalue weighted by atomic mass is 32.2. The van der Waals surface area contributed by atoms with Crippen LogP contribution in [0.3, 0.4) is 0 Å². The summed E-state index contributed by atoms with van der Waals surface area (Å²) in [7, 11) is 0. The summed E-state index contributed by atoms with van der Waals surface area (Å²) in [6.45, 7) is 5.66. The summed E-state index contributed by atoms with van der Waals surface area (Å²) in [5, 5.41) is 13.5. The first kappa shape index (κ1) is 23.0. The van der Waals surface area contributed by atoms with Crippen LogP contribution >= 0.6 is 11.8 Å². The van der Waals surface area contributed by atoms with E-state index in [1.165, 1.54) is 36.0 Å². The largest absolute Gasteiger partial charge is 0.339 e. The van der Waals surface area contributed by atoms with Crippen molar-refractivity contribution in [2.75, 3.05) is 5.75 Å². The lowest BCUT2D eigenvalue weighted by Gasteiger charge is -2.19. The first-order chi connectivity index (χ1) is 14.4. The van der Waals surface area contributed by atoms with E-state index in [1.807, 2.05) is 37.3 Å². The second kappa shape index (κ2) is 11.6. The van der Waals surface area contributed by atoms with E-state index in [2.05, 4.69) is 22.7 Å². The summed E-state index contributed by atoms with van der Waals surface area (Å²) < 4.78 is 0. The average molecular weight is 429 g/mol. The predicted molar refractivity (Wildman–Crippen MR) is 118 cm³/mol. The number of carbonyl (C=O) groups is 2. The Morgan fingerprint density at radius 2 is 1.77 bits per heavy atom. The molecule has 2 aromatic carbocycles. The van der Waals surface area contributed by atoms with E-state index in [1.54, 1.807) is 0 Å². The minimum absolute atomic E-state index is 0.110. The number of carbonyl (C=O) groups excluding carboxylic acids is 2. The number of allylic oxidation sites excluding steroid dienone is 1. The van der Waals surface area contributed by atoms with Crippen LogP contribution in [0.5, 0.6) is 0 Å². The van der Waals surface area contributed by atoms with Gasteiger partial charge in [-0.1, -0.05) is 43.8 Å². The van der Waals surface area contributed by atoms with Gasteiger partial charge in [-0.3, -0.25) is 25.1 Å². The molecule has 0 aromatic heterocycles. The molecule has 1 unspecified atom stereocenters. The summed E-state index contributed by atoms with van der Waals surface area (Å²) in [6.07, 6.45) is 0.642. The van der Waals surface area contributed by atoms with Gasteiger partial charge in [0.25, 0.3) is 17.5 Å². The first-order valence-electron chi connectivity index (χ1n) is 9.31. The van der Waals surface area contributed by atoms with Crippen LogP contribution in [-0.4, -0.2) is 28.5 Å². The molecule has 3 N–H and O–H groups in total. The molecular weight excluding hydrogens is 404 g/mol. The van der Waals surface area contributed by atoms with Gasteiger partial charge in [0.15, 0.2) is 0 Å². The second-order valence-corrected chi connectivity index (χ2v) is 7.43. The summed E-state index contributed by atoms with van der Waals surface area (Å²) in [6, 6.07) is 14.2. The summed E-state index contributed by atoms with van der Waals surface area (Å²) in [4.78, 5) is 35.4. The maximum Gasteiger partial charge on any atom is 0.269 e. The highest BCUT2D eigenvalue weighted by Crippen LogP contribution is 2.15. The van der Waals surface area contributed by atoms with E-state index < -0.39 is 22.8 Å². The molecule has 0 aliphatic heterocycles. The zero-order valence-corrected chi connectivity index (χ0v) is 17.4. The molecule has 0 saturated heterocycles. The number of nitrogens with zero attached hydrogens (tertiary/aromatic N) is 1. The van der Waals surface area contributed by atoms with Crippen LogP contribution < -0.4 is 16.2 Å². The maximum absolute atomic E-state index is 12.6. The Bertz CT molecular complexity index is 888. The third kappa shape index (κ3) is 7.25. The SMILES string of the molecule is C=C(CC)NNC(=O)C(CSCc1ccccc1)NC(=O)c1ccc([N+](=O)[O-])cc1. The smallest absolute Gasteiger partial charge is 0.269 e. The van der Waals surface area contributed by atoms with Crippen molar-refractivity contribution in [1.82, 2.24) is 16.2 Å². The topological polar surface area (TPSA) is 113 Å². The molecule has 0 heterocycles. The van der Waals surface area contributed by atoms with E-state index in [0.29, 0.717) is 23.6 Å². The lowest BCUT2D eigenvalue weighted by molar-refractivity contribution is -0.384. The maximum atomic E-state index is 12.6. The van der Waals surface area contributed by atoms with Crippen LogP contribution in [0.15, 0.2) is 66.9 Å². The zero-order chi connectivity index (χ0) is 21.9. The molecule has 30 heavy (non-hydrogen) atoms. The third-order valence-corrected chi connectivity index (χ3v) is 5.25. The standard InChI is InChI=1S/C21H24N4O4S/c1-3-15(2)23-24-21(27)19(14-30-13-16-7-5-4-6-8-16)22-20(26)17-9-11-18(12-10-17)25(28)29/h4-12,19,23H,2-3,13-14H2,1H3,(H,22,26)(H,24,27). The van der Waals surface area contributed by atoms with Crippen LogP contribution in [0.25, 0.3) is 0 Å². The van der Waals surface area contributed by atoms with Crippen molar-refractivity contribution in [3.8, 4) is 0 Å². The van der Waals surface area contributed by atoms with Crippen molar-refractivity contribution in [2.24, 2.45) is 0 Å². The molecule has 0 aliphatic rings. The van der Waals surface area contributed by atoms with E-state index in [9.17, 15) is 19.7 Å². The summed E-state index contributed by atoms with van der Waals surface area (Å²) in [5.74, 6) is 0.146. The van der Waals surface area contributed by atoms with Gasteiger partial charge >= 0.3 is 0 Å². The van der Waals surface area contributed by atoms with Gasteiger partial charge in [0.05, 0.1) is 4.92 Å².